The molecule has 5 heteroatoms. The van der Waals surface area contributed by atoms with Crippen molar-refractivity contribution < 1.29 is 9.05 Å². The van der Waals surface area contributed by atoms with Crippen LogP contribution in [0.15, 0.2) is 0 Å². The topological polar surface area (TPSA) is 18.5 Å². The Bertz CT molecular complexity index is 276. The van der Waals surface area contributed by atoms with Gasteiger partial charge in [0.05, 0.1) is 13.2 Å². The van der Waals surface area contributed by atoms with Crippen LogP contribution in [-0.2, 0) is 20.9 Å². The molecule has 0 amide bonds. The van der Waals surface area contributed by atoms with E-state index in [-0.39, 0.29) is 0 Å². The van der Waals surface area contributed by atoms with Crippen LogP contribution < -0.4 is 0 Å². The highest BCUT2D eigenvalue weighted by Gasteiger charge is 2.18. The van der Waals surface area contributed by atoms with Crippen molar-refractivity contribution in [1.82, 2.24) is 0 Å². The fraction of sp³-hybridized carbons (Fsp3) is 1.00. The van der Waals surface area contributed by atoms with Gasteiger partial charge in [0.2, 0.25) is 5.69 Å². The van der Waals surface area contributed by atoms with E-state index in [4.69, 9.17) is 20.9 Å². The smallest absolute Gasteiger partial charge is 0.247 e. The van der Waals surface area contributed by atoms with Crippen molar-refractivity contribution in [2.75, 3.05) is 19.0 Å². The van der Waals surface area contributed by atoms with Crippen LogP contribution >= 0.6 is 17.1 Å². The molecule has 0 bridgehead atoms. The van der Waals surface area contributed by atoms with Crippen LogP contribution in [0.4, 0.5) is 0 Å². The van der Waals surface area contributed by atoms with Gasteiger partial charge in [0.25, 0.3) is 0 Å². The molecule has 0 aromatic carbocycles. The van der Waals surface area contributed by atoms with Gasteiger partial charge in [0, 0.05) is 5.75 Å². The second kappa shape index (κ2) is 17.7. The first kappa shape index (κ1) is 23.9. The molecule has 0 fully saturated rings. The van der Waals surface area contributed by atoms with Gasteiger partial charge in [-0.05, 0) is 31.1 Å². The molecule has 0 radical (unpaired) electrons. The lowest BCUT2D eigenvalue weighted by Crippen LogP contribution is -1.96. The third-order valence-electron chi connectivity index (χ3n) is 3.65. The molecule has 140 valence electrons. The average Bonchev–Trinajstić information content (AvgIpc) is 2.56. The molecule has 0 saturated carbocycles. The summed E-state index contributed by atoms with van der Waals surface area (Å²) in [5.74, 6) is 1.08. The van der Waals surface area contributed by atoms with E-state index >= 15 is 0 Å². The molecular weight excluding hydrogens is 343 g/mol. The van der Waals surface area contributed by atoms with Crippen molar-refractivity contribution in [3.05, 3.63) is 0 Å². The highest BCUT2D eigenvalue weighted by Crippen LogP contribution is 2.61. The molecule has 2 nitrogen and oxygen atoms in total. The predicted octanol–water partition coefficient (Wildman–Crippen LogP) is 7.72. The summed E-state index contributed by atoms with van der Waals surface area (Å²) in [5, 5.41) is 0. The average molecular weight is 383 g/mol. The zero-order chi connectivity index (χ0) is 17.2. The molecule has 0 aliphatic heterocycles. The molecular formula is C18H39O2PS2. The van der Waals surface area contributed by atoms with Crippen molar-refractivity contribution in [3.63, 3.8) is 0 Å². The molecule has 0 aromatic rings. The maximum atomic E-state index is 5.84. The predicted molar refractivity (Wildman–Crippen MR) is 111 cm³/mol. The van der Waals surface area contributed by atoms with Crippen LogP contribution in [0, 0.1) is 0 Å². The summed E-state index contributed by atoms with van der Waals surface area (Å²) in [4.78, 5) is 0. The highest BCUT2D eigenvalue weighted by molar-refractivity contribution is 8.67. The Hall–Kier alpha value is 0.920. The summed E-state index contributed by atoms with van der Waals surface area (Å²) >= 11 is 7.40. The SMILES string of the molecule is CCCCCCCCCCCCSP(=S)(OCCC)OCCC. The zero-order valence-corrected chi connectivity index (χ0v) is 18.2. The Morgan fingerprint density at radius 1 is 0.652 bits per heavy atom. The molecule has 0 unspecified atom stereocenters. The summed E-state index contributed by atoms with van der Waals surface area (Å²) in [6.07, 6.45) is 15.8. The fourth-order valence-electron chi connectivity index (χ4n) is 2.28. The lowest BCUT2D eigenvalue weighted by Gasteiger charge is -2.21. The van der Waals surface area contributed by atoms with Gasteiger partial charge in [0.15, 0.2) is 0 Å². The molecule has 0 spiro atoms. The summed E-state index contributed by atoms with van der Waals surface area (Å²) in [6, 6.07) is 0. The second-order valence-corrected chi connectivity index (χ2v) is 12.6. The van der Waals surface area contributed by atoms with E-state index in [2.05, 4.69) is 20.8 Å². The quantitative estimate of drug-likeness (QED) is 0.178. The number of hydrogen-bond acceptors (Lipinski definition) is 4. The minimum atomic E-state index is -2.08. The van der Waals surface area contributed by atoms with E-state index in [0.29, 0.717) is 0 Å². The van der Waals surface area contributed by atoms with Crippen LogP contribution in [0.25, 0.3) is 0 Å². The number of unbranched alkanes of at least 4 members (excludes halogenated alkanes) is 9. The van der Waals surface area contributed by atoms with Crippen LogP contribution in [0.2, 0.25) is 0 Å². The maximum Gasteiger partial charge on any atom is 0.247 e. The van der Waals surface area contributed by atoms with Crippen molar-refractivity contribution in [3.8, 4) is 0 Å². The van der Waals surface area contributed by atoms with Crippen LogP contribution in [0.3, 0.4) is 0 Å². The molecule has 0 atom stereocenters. The maximum absolute atomic E-state index is 5.84. The van der Waals surface area contributed by atoms with Gasteiger partial charge in [0.1, 0.15) is 0 Å². The Kier molecular flexibility index (Phi) is 18.4. The van der Waals surface area contributed by atoms with Crippen molar-refractivity contribution in [2.24, 2.45) is 0 Å². The van der Waals surface area contributed by atoms with Crippen LogP contribution in [0.1, 0.15) is 97.8 Å². The molecule has 0 aliphatic rings. The standard InChI is InChI=1S/C18H39O2PS2/c1-4-7-8-9-10-11-12-13-14-15-18-23-21(22,19-16-5-2)20-17-6-3/h4-18H2,1-3H3. The van der Waals surface area contributed by atoms with Crippen molar-refractivity contribution in [1.29, 1.82) is 0 Å². The first-order valence-electron chi connectivity index (χ1n) is 9.72. The third kappa shape index (κ3) is 16.2. The molecule has 23 heavy (non-hydrogen) atoms. The van der Waals surface area contributed by atoms with E-state index in [9.17, 15) is 0 Å². The Balaban J connectivity index is 3.56. The highest BCUT2D eigenvalue weighted by atomic mass is 32.9. The number of hydrogen-bond donors (Lipinski definition) is 0. The minimum absolute atomic E-state index is 0.728. The fourth-order valence-corrected chi connectivity index (χ4v) is 6.95. The first-order chi connectivity index (χ1) is 11.2. The molecule has 0 aliphatic carbocycles. The summed E-state index contributed by atoms with van der Waals surface area (Å²) in [6.45, 7) is 7.97. The van der Waals surface area contributed by atoms with Gasteiger partial charge >= 0.3 is 0 Å². The second-order valence-electron chi connectivity index (χ2n) is 6.13. The summed E-state index contributed by atoms with van der Waals surface area (Å²) in [5.41, 5.74) is -2.08. The minimum Gasteiger partial charge on any atom is -0.322 e. The van der Waals surface area contributed by atoms with Crippen molar-refractivity contribution in [2.45, 2.75) is 97.8 Å². The van der Waals surface area contributed by atoms with E-state index in [1.54, 1.807) is 11.4 Å². The Morgan fingerprint density at radius 3 is 1.52 bits per heavy atom. The molecule has 0 heterocycles. The zero-order valence-electron chi connectivity index (χ0n) is 15.7. The largest absolute Gasteiger partial charge is 0.322 e. The van der Waals surface area contributed by atoms with E-state index < -0.39 is 5.69 Å². The van der Waals surface area contributed by atoms with Crippen LogP contribution in [-0.4, -0.2) is 19.0 Å². The number of rotatable bonds is 18. The molecule has 0 aromatic heterocycles. The van der Waals surface area contributed by atoms with Gasteiger partial charge < -0.3 is 9.05 Å². The molecule has 0 N–H and O–H groups in total. The van der Waals surface area contributed by atoms with Gasteiger partial charge in [-0.1, -0.05) is 89.9 Å². The van der Waals surface area contributed by atoms with E-state index in [0.717, 1.165) is 31.8 Å². The summed E-state index contributed by atoms with van der Waals surface area (Å²) in [7, 11) is 0. The monoisotopic (exact) mass is 382 g/mol. The van der Waals surface area contributed by atoms with Gasteiger partial charge in [-0.3, -0.25) is 0 Å². The third-order valence-corrected chi connectivity index (χ3v) is 9.15. The Morgan fingerprint density at radius 2 is 1.09 bits per heavy atom. The van der Waals surface area contributed by atoms with Crippen LogP contribution in [0.5, 0.6) is 0 Å². The summed E-state index contributed by atoms with van der Waals surface area (Å²) < 4.78 is 11.7. The van der Waals surface area contributed by atoms with E-state index in [1.807, 2.05) is 0 Å². The van der Waals surface area contributed by atoms with Gasteiger partial charge in [-0.2, -0.15) is 0 Å². The Labute approximate surface area is 154 Å². The van der Waals surface area contributed by atoms with E-state index in [1.165, 1.54) is 64.2 Å². The lowest BCUT2D eigenvalue weighted by atomic mass is 10.1. The molecule has 0 saturated heterocycles. The lowest BCUT2D eigenvalue weighted by molar-refractivity contribution is 0.260. The first-order valence-corrected chi connectivity index (χ1v) is 13.9. The van der Waals surface area contributed by atoms with Gasteiger partial charge in [-0.25, -0.2) is 0 Å². The van der Waals surface area contributed by atoms with Gasteiger partial charge in [-0.15, -0.1) is 0 Å². The normalized spacial score (nSPS) is 12.0. The molecule has 0 rings (SSSR count). The van der Waals surface area contributed by atoms with Crippen molar-refractivity contribution >= 4 is 28.9 Å².